The van der Waals surface area contributed by atoms with E-state index in [2.05, 4.69) is 169 Å². The predicted molar refractivity (Wildman–Crippen MR) is 207 cm³/mol. The Balaban J connectivity index is 1.18. The summed E-state index contributed by atoms with van der Waals surface area (Å²) in [5, 5.41) is 4.88. The van der Waals surface area contributed by atoms with Crippen LogP contribution in [0.25, 0.3) is 43.8 Å². The number of para-hydroxylation sites is 2. The van der Waals surface area contributed by atoms with Gasteiger partial charge in [-0.15, -0.1) is 0 Å². The maximum absolute atomic E-state index is 6.38. The first-order chi connectivity index (χ1) is 24.8. The van der Waals surface area contributed by atoms with Crippen molar-refractivity contribution in [2.45, 2.75) is 15.2 Å². The molecule has 0 N–H and O–H groups in total. The highest BCUT2D eigenvalue weighted by Crippen LogP contribution is 2.61. The quantitative estimate of drug-likeness (QED) is 0.188. The molecule has 0 amide bonds. The van der Waals surface area contributed by atoms with E-state index in [1.54, 1.807) is 0 Å². The van der Waals surface area contributed by atoms with E-state index in [0.29, 0.717) is 0 Å². The van der Waals surface area contributed by atoms with Gasteiger partial charge in [0.25, 0.3) is 0 Å². The van der Waals surface area contributed by atoms with E-state index < -0.39 is 5.41 Å². The van der Waals surface area contributed by atoms with E-state index in [9.17, 15) is 0 Å². The third kappa shape index (κ3) is 3.76. The fourth-order valence-corrected chi connectivity index (χ4v) is 9.93. The van der Waals surface area contributed by atoms with Crippen LogP contribution in [0.3, 0.4) is 0 Å². The Morgan fingerprint density at radius 3 is 2.00 bits per heavy atom. The highest BCUT2D eigenvalue weighted by molar-refractivity contribution is 7.99. The molecule has 0 saturated heterocycles. The lowest BCUT2D eigenvalue weighted by molar-refractivity contribution is 0.669. The molecule has 1 atom stereocenters. The first-order valence-corrected chi connectivity index (χ1v) is 17.9. The molecule has 1 aromatic heterocycles. The zero-order valence-electron chi connectivity index (χ0n) is 27.0. The van der Waals surface area contributed by atoms with Gasteiger partial charge in [0.1, 0.15) is 11.2 Å². The molecule has 1 unspecified atom stereocenters. The number of fused-ring (bicyclic) bond motifs is 11. The molecular weight excluding hydrogens is 627 g/mol. The lowest BCUT2D eigenvalue weighted by Gasteiger charge is -2.46. The number of benzene rings is 8. The van der Waals surface area contributed by atoms with Crippen molar-refractivity contribution in [3.8, 4) is 11.1 Å². The number of rotatable bonds is 3. The van der Waals surface area contributed by atoms with Crippen LogP contribution in [0.5, 0.6) is 0 Å². The second-order valence-corrected chi connectivity index (χ2v) is 14.3. The maximum Gasteiger partial charge on any atom is 0.137 e. The molecule has 1 aliphatic carbocycles. The summed E-state index contributed by atoms with van der Waals surface area (Å²) in [6, 6.07) is 64.3. The smallest absolute Gasteiger partial charge is 0.137 e. The van der Waals surface area contributed by atoms with Gasteiger partial charge in [-0.25, -0.2) is 0 Å². The lowest BCUT2D eigenvalue weighted by atomic mass is 9.59. The lowest BCUT2D eigenvalue weighted by Crippen LogP contribution is -2.36. The molecule has 234 valence electrons. The monoisotopic (exact) mass is 655 g/mol. The molecule has 3 heteroatoms. The first-order valence-electron chi connectivity index (χ1n) is 17.1. The van der Waals surface area contributed by atoms with E-state index in [1.807, 2.05) is 23.9 Å². The van der Waals surface area contributed by atoms with Gasteiger partial charge >= 0.3 is 0 Å². The van der Waals surface area contributed by atoms with Crippen molar-refractivity contribution in [2.75, 3.05) is 4.90 Å². The van der Waals surface area contributed by atoms with Crippen LogP contribution in [-0.2, 0) is 5.41 Å². The summed E-state index contributed by atoms with van der Waals surface area (Å²) in [5.74, 6) is 0. The second kappa shape index (κ2) is 10.5. The molecule has 8 aromatic carbocycles. The van der Waals surface area contributed by atoms with Gasteiger partial charge in [0.15, 0.2) is 0 Å². The van der Waals surface area contributed by atoms with Crippen LogP contribution in [-0.4, -0.2) is 0 Å². The van der Waals surface area contributed by atoms with Gasteiger partial charge in [0.2, 0.25) is 0 Å². The van der Waals surface area contributed by atoms with Crippen molar-refractivity contribution in [2.24, 2.45) is 0 Å². The van der Waals surface area contributed by atoms with Crippen molar-refractivity contribution in [1.29, 1.82) is 0 Å². The summed E-state index contributed by atoms with van der Waals surface area (Å²) < 4.78 is 6.38. The summed E-state index contributed by atoms with van der Waals surface area (Å²) in [7, 11) is 0. The minimum atomic E-state index is -0.467. The van der Waals surface area contributed by atoms with Crippen molar-refractivity contribution in [3.05, 3.63) is 198 Å². The van der Waals surface area contributed by atoms with Crippen molar-refractivity contribution in [3.63, 3.8) is 0 Å². The Morgan fingerprint density at radius 1 is 0.420 bits per heavy atom. The van der Waals surface area contributed by atoms with Gasteiger partial charge in [0, 0.05) is 43.7 Å². The molecule has 1 spiro atoms. The Labute approximate surface area is 294 Å². The summed E-state index contributed by atoms with van der Waals surface area (Å²) in [4.78, 5) is 4.90. The number of furan rings is 1. The fraction of sp³-hybridized carbons (Fsp3) is 0.0213. The average molecular weight is 656 g/mol. The number of anilines is 3. The molecule has 1 aliphatic heterocycles. The predicted octanol–water partition coefficient (Wildman–Crippen LogP) is 13.0. The zero-order chi connectivity index (χ0) is 32.8. The molecule has 2 aliphatic rings. The van der Waals surface area contributed by atoms with Crippen LogP contribution in [0.4, 0.5) is 17.1 Å². The van der Waals surface area contributed by atoms with Gasteiger partial charge in [0.05, 0.1) is 5.41 Å². The molecule has 0 bridgehead atoms. The van der Waals surface area contributed by atoms with E-state index >= 15 is 0 Å². The molecule has 9 aromatic rings. The van der Waals surface area contributed by atoms with Crippen LogP contribution in [0.2, 0.25) is 0 Å². The number of nitrogens with zero attached hydrogens (tertiary/aromatic N) is 1. The summed E-state index contributed by atoms with van der Waals surface area (Å²) in [5.41, 5.74) is 12.5. The van der Waals surface area contributed by atoms with Crippen molar-refractivity contribution >= 4 is 61.5 Å². The summed E-state index contributed by atoms with van der Waals surface area (Å²) in [6.45, 7) is 0. The molecule has 2 heterocycles. The van der Waals surface area contributed by atoms with Gasteiger partial charge in [-0.1, -0.05) is 133 Å². The first kappa shape index (κ1) is 27.9. The molecule has 11 rings (SSSR count). The minimum absolute atomic E-state index is 0.467. The Kier molecular flexibility index (Phi) is 5.84. The zero-order valence-corrected chi connectivity index (χ0v) is 27.8. The Hall–Kier alpha value is -6.03. The van der Waals surface area contributed by atoms with E-state index in [1.165, 1.54) is 53.9 Å². The largest absolute Gasteiger partial charge is 0.456 e. The third-order valence-corrected chi connectivity index (χ3v) is 11.8. The standard InChI is InChI=1S/C47H29NOS/c1-2-14-31(15-3-1)48(32-24-26-36-35-17-5-8-22-42(35)49-43(36)28-32)33-25-27-40-45(29-33)50-44-23-9-7-20-39(44)47(40)38-19-6-4-16-34(38)37-18-10-12-30-13-11-21-41(47)46(30)37/h1-29H. The van der Waals surface area contributed by atoms with Crippen LogP contribution < -0.4 is 4.90 Å². The van der Waals surface area contributed by atoms with Crippen LogP contribution in [0, 0.1) is 0 Å². The SMILES string of the molecule is c1ccc(N(c2ccc3c(c2)Sc2ccccc2C32c3ccccc3-c3cccc4cccc2c34)c2ccc3c(c2)oc2ccccc23)cc1. The normalized spacial score (nSPS) is 15.6. The highest BCUT2D eigenvalue weighted by Gasteiger charge is 2.48. The molecule has 0 fully saturated rings. The van der Waals surface area contributed by atoms with Gasteiger partial charge in [-0.05, 0) is 92.7 Å². The molecule has 0 radical (unpaired) electrons. The van der Waals surface area contributed by atoms with Crippen LogP contribution >= 0.6 is 11.8 Å². The fourth-order valence-electron chi connectivity index (χ4n) is 8.70. The molecule has 50 heavy (non-hydrogen) atoms. The van der Waals surface area contributed by atoms with Crippen molar-refractivity contribution in [1.82, 2.24) is 0 Å². The van der Waals surface area contributed by atoms with Crippen LogP contribution in [0.15, 0.2) is 190 Å². The molecule has 2 nitrogen and oxygen atoms in total. The van der Waals surface area contributed by atoms with Gasteiger partial charge in [-0.2, -0.15) is 0 Å². The second-order valence-electron chi connectivity index (χ2n) is 13.2. The van der Waals surface area contributed by atoms with Crippen LogP contribution in [0.1, 0.15) is 22.3 Å². The van der Waals surface area contributed by atoms with Gasteiger partial charge < -0.3 is 9.32 Å². The topological polar surface area (TPSA) is 16.4 Å². The van der Waals surface area contributed by atoms with E-state index in [4.69, 9.17) is 4.42 Å². The Morgan fingerprint density at radius 2 is 1.08 bits per heavy atom. The molecular formula is C47H29NOS. The average Bonchev–Trinajstić information content (AvgIpc) is 3.55. The minimum Gasteiger partial charge on any atom is -0.456 e. The number of hydrogen-bond donors (Lipinski definition) is 0. The van der Waals surface area contributed by atoms with Gasteiger partial charge in [-0.3, -0.25) is 0 Å². The van der Waals surface area contributed by atoms with E-state index in [0.717, 1.165) is 39.0 Å². The highest BCUT2D eigenvalue weighted by atomic mass is 32.2. The van der Waals surface area contributed by atoms with Crippen molar-refractivity contribution < 1.29 is 4.42 Å². The molecule has 0 saturated carbocycles. The summed E-state index contributed by atoms with van der Waals surface area (Å²) in [6.07, 6.45) is 0. The number of hydrogen-bond acceptors (Lipinski definition) is 3. The Bertz CT molecular complexity index is 2810. The maximum atomic E-state index is 6.38. The third-order valence-electron chi connectivity index (χ3n) is 10.7. The summed E-state index contributed by atoms with van der Waals surface area (Å²) >= 11 is 1.88. The van der Waals surface area contributed by atoms with E-state index in [-0.39, 0.29) is 0 Å².